The van der Waals surface area contributed by atoms with Crippen molar-refractivity contribution in [2.75, 3.05) is 0 Å². The predicted molar refractivity (Wildman–Crippen MR) is 223 cm³/mol. The number of benzene rings is 7. The van der Waals surface area contributed by atoms with Gasteiger partial charge in [0.15, 0.2) is 0 Å². The Kier molecular flexibility index (Phi) is 7.41. The Labute approximate surface area is 302 Å². The molecule has 0 radical (unpaired) electrons. The molecule has 0 fully saturated rings. The summed E-state index contributed by atoms with van der Waals surface area (Å²) >= 11 is 0. The summed E-state index contributed by atoms with van der Waals surface area (Å²) in [7, 11) is 0.400. The summed E-state index contributed by atoms with van der Waals surface area (Å²) < 4.78 is 4.77. The van der Waals surface area contributed by atoms with Crippen molar-refractivity contribution in [2.24, 2.45) is 0 Å². The maximum Gasteiger partial charge on any atom is 0.0818 e. The van der Waals surface area contributed by atoms with Crippen LogP contribution in [-0.2, 0) is 0 Å². The fraction of sp³-hybridized carbons (Fsp3) is 0. The van der Waals surface area contributed by atoms with Crippen LogP contribution in [-0.4, -0.2) is 18.9 Å². The van der Waals surface area contributed by atoms with Crippen molar-refractivity contribution in [1.29, 1.82) is 0 Å². The average Bonchev–Trinajstić information content (AvgIpc) is 3.87. The molecule has 4 nitrogen and oxygen atoms in total. The van der Waals surface area contributed by atoms with Crippen molar-refractivity contribution in [3.63, 3.8) is 0 Å². The Morgan fingerprint density at radius 3 is 1.44 bits per heavy atom. The van der Waals surface area contributed by atoms with Gasteiger partial charge in [-0.3, -0.25) is 0 Å². The number of aromatic amines is 1. The second-order valence-corrected chi connectivity index (χ2v) is 14.2. The molecule has 0 spiro atoms. The molecule has 7 aromatic carbocycles. The maximum atomic E-state index is 5.16. The number of pyridine rings is 1. The van der Waals surface area contributed by atoms with Crippen molar-refractivity contribution in [2.45, 2.75) is 0 Å². The summed E-state index contributed by atoms with van der Waals surface area (Å²) in [6.45, 7) is 0. The standard InChI is InChI=1S/C35H24N3P.C12H9N/c1-5-18-31-26(13-1)27-14-2-6-19-32(27)37(31)25-12-9-11-24(23-25)30-17-10-22-35(36-30)39-38-33-20-7-3-15-28(33)29-16-4-8-21-34(29)38;1-3-7-11-9(5-1)10-6-2-4-8-12(10)13-11/h1-23,39H;1-8,13H. The topological polar surface area (TPSA) is 38.5 Å². The van der Waals surface area contributed by atoms with Crippen LogP contribution in [0.3, 0.4) is 0 Å². The van der Waals surface area contributed by atoms with E-state index in [-0.39, 0.29) is 0 Å². The van der Waals surface area contributed by atoms with Crippen LogP contribution in [0.15, 0.2) is 188 Å². The minimum atomic E-state index is 0.400. The molecule has 0 aliphatic rings. The zero-order chi connectivity index (χ0) is 34.4. The highest BCUT2D eigenvalue weighted by atomic mass is 31.1. The van der Waals surface area contributed by atoms with Gasteiger partial charge in [-0.25, -0.2) is 4.98 Å². The van der Waals surface area contributed by atoms with Gasteiger partial charge in [-0.05, 0) is 60.7 Å². The predicted octanol–water partition coefficient (Wildman–Crippen LogP) is 12.0. The third-order valence-electron chi connectivity index (χ3n) is 9.95. The van der Waals surface area contributed by atoms with E-state index in [9.17, 15) is 0 Å². The highest BCUT2D eigenvalue weighted by Crippen LogP contribution is 2.36. The molecule has 0 aliphatic carbocycles. The normalized spacial score (nSPS) is 11.8. The SMILES string of the molecule is c1cc(-c2cccc(Pn3c4ccccc4c4ccccc43)n2)cc(-n2c3ccccc3c3ccccc32)c1.c1ccc2c(c1)[nH]c1ccccc12. The van der Waals surface area contributed by atoms with E-state index in [1.54, 1.807) is 0 Å². The molecule has 11 rings (SSSR count). The van der Waals surface area contributed by atoms with Crippen molar-refractivity contribution in [1.82, 2.24) is 18.9 Å². The van der Waals surface area contributed by atoms with Crippen molar-refractivity contribution < 1.29 is 0 Å². The van der Waals surface area contributed by atoms with Gasteiger partial charge >= 0.3 is 0 Å². The lowest BCUT2D eigenvalue weighted by Gasteiger charge is -2.11. The van der Waals surface area contributed by atoms with Crippen molar-refractivity contribution in [3.05, 3.63) is 188 Å². The van der Waals surface area contributed by atoms with Crippen LogP contribution >= 0.6 is 8.73 Å². The molecule has 0 saturated carbocycles. The Bertz CT molecular complexity index is 2920. The van der Waals surface area contributed by atoms with Gasteiger partial charge in [-0.1, -0.05) is 127 Å². The summed E-state index contributed by atoms with van der Waals surface area (Å²) in [5.41, 5.74) is 11.7. The van der Waals surface area contributed by atoms with Crippen molar-refractivity contribution >= 4 is 79.6 Å². The number of nitrogens with zero attached hydrogens (tertiary/aromatic N) is 3. The number of fused-ring (bicyclic) bond motifs is 9. The number of para-hydroxylation sites is 6. The number of hydrogen-bond acceptors (Lipinski definition) is 1. The number of H-pyrrole nitrogens is 1. The van der Waals surface area contributed by atoms with E-state index in [0.717, 1.165) is 22.4 Å². The summed E-state index contributed by atoms with van der Waals surface area (Å²) in [5.74, 6) is 0. The van der Waals surface area contributed by atoms with Gasteiger partial charge in [-0.2, -0.15) is 0 Å². The van der Waals surface area contributed by atoms with Crippen LogP contribution in [0, 0.1) is 0 Å². The van der Waals surface area contributed by atoms with Gasteiger partial charge in [0.2, 0.25) is 0 Å². The first-order chi connectivity index (χ1) is 25.8. The molecule has 4 aromatic heterocycles. The molecule has 11 aromatic rings. The summed E-state index contributed by atoms with van der Waals surface area (Å²) in [6, 6.07) is 66.5. The smallest absolute Gasteiger partial charge is 0.0818 e. The van der Waals surface area contributed by atoms with Crippen LogP contribution in [0.5, 0.6) is 0 Å². The Hall–Kier alpha value is -6.48. The highest BCUT2D eigenvalue weighted by Gasteiger charge is 2.14. The van der Waals surface area contributed by atoms with Gasteiger partial charge in [0.05, 0.1) is 33.2 Å². The highest BCUT2D eigenvalue weighted by molar-refractivity contribution is 7.45. The molecule has 1 N–H and O–H groups in total. The minimum absolute atomic E-state index is 0.400. The fourth-order valence-electron chi connectivity index (χ4n) is 7.62. The number of aromatic nitrogens is 4. The Balaban J connectivity index is 0.000000218. The lowest BCUT2D eigenvalue weighted by molar-refractivity contribution is 1.18. The molecule has 246 valence electrons. The van der Waals surface area contributed by atoms with E-state index in [2.05, 4.69) is 202 Å². The zero-order valence-corrected chi connectivity index (χ0v) is 29.2. The van der Waals surface area contributed by atoms with Crippen LogP contribution < -0.4 is 5.44 Å². The lowest BCUT2D eigenvalue weighted by atomic mass is 10.1. The molecular formula is C47H33N4P. The largest absolute Gasteiger partial charge is 0.355 e. The molecule has 0 saturated heterocycles. The monoisotopic (exact) mass is 684 g/mol. The Morgan fingerprint density at radius 2 is 0.865 bits per heavy atom. The van der Waals surface area contributed by atoms with E-state index < -0.39 is 0 Å². The molecule has 52 heavy (non-hydrogen) atoms. The third kappa shape index (κ3) is 5.16. The summed E-state index contributed by atoms with van der Waals surface area (Å²) in [6.07, 6.45) is 0. The maximum absolute atomic E-state index is 5.16. The van der Waals surface area contributed by atoms with E-state index in [1.165, 1.54) is 65.4 Å². The Morgan fingerprint density at radius 1 is 0.404 bits per heavy atom. The second kappa shape index (κ2) is 12.7. The number of hydrogen-bond donors (Lipinski definition) is 1. The van der Waals surface area contributed by atoms with E-state index in [1.807, 2.05) is 0 Å². The number of nitrogens with one attached hydrogen (secondary N) is 1. The van der Waals surface area contributed by atoms with Gasteiger partial charge in [0.25, 0.3) is 0 Å². The zero-order valence-electron chi connectivity index (χ0n) is 28.2. The van der Waals surface area contributed by atoms with Crippen LogP contribution in [0.1, 0.15) is 0 Å². The van der Waals surface area contributed by atoms with E-state index in [0.29, 0.717) is 8.73 Å². The van der Waals surface area contributed by atoms with Crippen LogP contribution in [0.25, 0.3) is 82.4 Å². The number of rotatable bonds is 4. The molecule has 5 heteroatoms. The molecule has 4 heterocycles. The van der Waals surface area contributed by atoms with E-state index >= 15 is 0 Å². The van der Waals surface area contributed by atoms with Crippen LogP contribution in [0.2, 0.25) is 0 Å². The molecule has 0 amide bonds. The first-order valence-electron chi connectivity index (χ1n) is 17.6. The van der Waals surface area contributed by atoms with Gasteiger partial charge in [-0.15, -0.1) is 0 Å². The summed E-state index contributed by atoms with van der Waals surface area (Å²) in [4.78, 5) is 8.54. The second-order valence-electron chi connectivity index (χ2n) is 13.0. The molecular weight excluding hydrogens is 652 g/mol. The fourth-order valence-corrected chi connectivity index (χ4v) is 8.82. The first-order valence-corrected chi connectivity index (χ1v) is 18.5. The molecule has 0 bridgehead atoms. The molecule has 1 atom stereocenters. The van der Waals surface area contributed by atoms with Crippen LogP contribution in [0.4, 0.5) is 0 Å². The minimum Gasteiger partial charge on any atom is -0.355 e. The molecule has 1 unspecified atom stereocenters. The average molecular weight is 685 g/mol. The third-order valence-corrected chi connectivity index (χ3v) is 11.2. The lowest BCUT2D eigenvalue weighted by Crippen LogP contribution is -2.05. The van der Waals surface area contributed by atoms with Gasteiger partial charge in [0, 0.05) is 63.3 Å². The van der Waals surface area contributed by atoms with Gasteiger partial charge in [0.1, 0.15) is 0 Å². The quantitative estimate of drug-likeness (QED) is 0.184. The molecule has 0 aliphatic heterocycles. The first kappa shape index (κ1) is 30.4. The van der Waals surface area contributed by atoms with E-state index in [4.69, 9.17) is 4.98 Å². The van der Waals surface area contributed by atoms with Crippen molar-refractivity contribution in [3.8, 4) is 16.9 Å². The summed E-state index contributed by atoms with van der Waals surface area (Å²) in [5, 5.41) is 7.72. The van der Waals surface area contributed by atoms with Gasteiger partial charge < -0.3 is 13.9 Å².